The molecule has 0 spiro atoms. The van der Waals surface area contributed by atoms with Crippen molar-refractivity contribution in [1.82, 2.24) is 9.47 Å². The smallest absolute Gasteiger partial charge is 0.242 e. The lowest BCUT2D eigenvalue weighted by atomic mass is 10.3. The minimum Gasteiger partial charge on any atom is -0.498 e. The van der Waals surface area contributed by atoms with Crippen LogP contribution >= 0.6 is 47.5 Å². The Morgan fingerprint density at radius 1 is 1.17 bits per heavy atom. The third-order valence-electron chi connectivity index (χ3n) is 3.18. The van der Waals surface area contributed by atoms with Crippen LogP contribution in [0.4, 0.5) is 0 Å². The van der Waals surface area contributed by atoms with Crippen LogP contribution in [0, 0.1) is 3.95 Å². The maximum atomic E-state index is 11.8. The van der Waals surface area contributed by atoms with Crippen LogP contribution < -0.4 is 0 Å². The molecule has 23 heavy (non-hydrogen) atoms. The van der Waals surface area contributed by atoms with Gasteiger partial charge in [-0.1, -0.05) is 41.8 Å². The van der Waals surface area contributed by atoms with Gasteiger partial charge in [-0.25, -0.2) is 0 Å². The Morgan fingerprint density at radius 3 is 2.57 bits per heavy atom. The molecule has 1 aromatic rings. The molecule has 0 unspecified atom stereocenters. The number of thiazole rings is 1. The van der Waals surface area contributed by atoms with Crippen LogP contribution in [0.1, 0.15) is 19.5 Å². The maximum Gasteiger partial charge on any atom is 0.242 e. The first-order chi connectivity index (χ1) is 11.0. The van der Waals surface area contributed by atoms with Gasteiger partial charge in [0.15, 0.2) is 9.02 Å². The highest BCUT2D eigenvalue weighted by Gasteiger charge is 2.29. The average Bonchev–Trinajstić information content (AvgIpc) is 2.93. The van der Waals surface area contributed by atoms with E-state index in [1.54, 1.807) is 30.4 Å². The van der Waals surface area contributed by atoms with Gasteiger partial charge < -0.3 is 14.6 Å². The van der Waals surface area contributed by atoms with E-state index in [2.05, 4.69) is 0 Å². The molecule has 2 heterocycles. The largest absolute Gasteiger partial charge is 0.498 e. The number of aromatic hydroxyl groups is 1. The minimum atomic E-state index is -0.0273. The van der Waals surface area contributed by atoms with Crippen LogP contribution in [0.5, 0.6) is 5.06 Å². The van der Waals surface area contributed by atoms with Crippen molar-refractivity contribution in [3.63, 3.8) is 0 Å². The molecule has 0 atom stereocenters. The highest BCUT2D eigenvalue weighted by molar-refractivity contribution is 8.33. The fourth-order valence-corrected chi connectivity index (χ4v) is 4.56. The second-order valence-corrected chi connectivity index (χ2v) is 7.73. The molecule has 1 aromatic heterocycles. The molecule has 1 N–H and O–H groups in total. The monoisotopic (exact) mass is 384 g/mol. The van der Waals surface area contributed by atoms with E-state index in [-0.39, 0.29) is 10.2 Å². The lowest BCUT2D eigenvalue weighted by molar-refractivity contribution is -0.108. The Labute approximate surface area is 153 Å². The number of hydrogen-bond acceptors (Lipinski definition) is 6. The second-order valence-electron chi connectivity index (χ2n) is 4.50. The maximum absolute atomic E-state index is 11.8. The summed E-state index contributed by atoms with van der Waals surface area (Å²) in [4.78, 5) is 13.7. The SMILES string of the molecule is CCN1C(=S)SC(=O)C1=CC=CC=Cc1c(O)sc(=S)n1CC. The van der Waals surface area contributed by atoms with Crippen molar-refractivity contribution in [1.29, 1.82) is 0 Å². The van der Waals surface area contributed by atoms with E-state index >= 15 is 0 Å². The first-order valence-electron chi connectivity index (χ1n) is 7.00. The molecule has 0 radical (unpaired) electrons. The van der Waals surface area contributed by atoms with Crippen LogP contribution in [0.25, 0.3) is 6.08 Å². The number of aromatic nitrogens is 1. The number of thiocarbonyl (C=S) groups is 1. The van der Waals surface area contributed by atoms with Gasteiger partial charge in [-0.05, 0) is 50.0 Å². The Bertz CT molecular complexity index is 771. The fourth-order valence-electron chi connectivity index (χ4n) is 2.07. The highest BCUT2D eigenvalue weighted by atomic mass is 32.2. The van der Waals surface area contributed by atoms with Gasteiger partial charge >= 0.3 is 0 Å². The molecule has 0 aromatic carbocycles. The predicted molar refractivity (Wildman–Crippen MR) is 104 cm³/mol. The van der Waals surface area contributed by atoms with Crippen molar-refractivity contribution in [3.8, 4) is 5.06 Å². The molecule has 0 aliphatic carbocycles. The zero-order valence-electron chi connectivity index (χ0n) is 12.7. The molecule has 4 nitrogen and oxygen atoms in total. The number of allylic oxidation sites excluding steroid dienone is 4. The van der Waals surface area contributed by atoms with Gasteiger partial charge in [0, 0.05) is 13.1 Å². The molecule has 8 heteroatoms. The number of nitrogens with zero attached hydrogens (tertiary/aromatic N) is 2. The fraction of sp³-hybridized carbons (Fsp3) is 0.267. The lowest BCUT2D eigenvalue weighted by Gasteiger charge is -2.13. The molecule has 1 saturated heterocycles. The number of carbonyl (C=O) groups is 1. The van der Waals surface area contributed by atoms with Crippen LogP contribution in [0.15, 0.2) is 30.0 Å². The van der Waals surface area contributed by atoms with Gasteiger partial charge in [-0.3, -0.25) is 4.79 Å². The molecule has 0 amide bonds. The van der Waals surface area contributed by atoms with Crippen molar-refractivity contribution >= 4 is 63.0 Å². The Hall–Kier alpha value is -1.22. The molecule has 1 fully saturated rings. The zero-order chi connectivity index (χ0) is 17.0. The predicted octanol–water partition coefficient (Wildman–Crippen LogP) is 4.34. The van der Waals surface area contributed by atoms with Crippen molar-refractivity contribution in [3.05, 3.63) is 39.6 Å². The Kier molecular flexibility index (Phi) is 6.34. The molecular formula is C15H16N2O2S4. The number of rotatable bonds is 5. The number of likely N-dealkylation sites (N-methyl/N-ethyl adjacent to an activating group) is 1. The van der Waals surface area contributed by atoms with Crippen LogP contribution in [-0.4, -0.2) is 30.6 Å². The number of thioether (sulfide) groups is 1. The van der Waals surface area contributed by atoms with Crippen LogP contribution in [-0.2, 0) is 11.3 Å². The molecule has 1 aliphatic rings. The first-order valence-corrected chi connectivity index (χ1v) is 9.45. The number of hydrogen-bond donors (Lipinski definition) is 1. The molecule has 0 bridgehead atoms. The topological polar surface area (TPSA) is 45.5 Å². The van der Waals surface area contributed by atoms with Crippen molar-refractivity contribution < 1.29 is 9.90 Å². The minimum absolute atomic E-state index is 0.0273. The van der Waals surface area contributed by atoms with E-state index in [9.17, 15) is 9.90 Å². The van der Waals surface area contributed by atoms with Gasteiger partial charge in [0.2, 0.25) is 5.12 Å². The molecular weight excluding hydrogens is 368 g/mol. The second kappa shape index (κ2) is 8.05. The normalized spacial score (nSPS) is 17.5. The highest BCUT2D eigenvalue weighted by Crippen LogP contribution is 2.29. The third kappa shape index (κ3) is 4.00. The van der Waals surface area contributed by atoms with Crippen LogP contribution in [0.3, 0.4) is 0 Å². The van der Waals surface area contributed by atoms with E-state index in [0.29, 0.717) is 32.8 Å². The summed E-state index contributed by atoms with van der Waals surface area (Å²) in [7, 11) is 0. The third-order valence-corrected chi connectivity index (χ3v) is 5.71. The van der Waals surface area contributed by atoms with Crippen molar-refractivity contribution in [2.45, 2.75) is 20.4 Å². The summed E-state index contributed by atoms with van der Waals surface area (Å²) in [5.41, 5.74) is 1.30. The quantitative estimate of drug-likeness (QED) is 0.463. The van der Waals surface area contributed by atoms with Gasteiger partial charge in [0.25, 0.3) is 0 Å². The number of carbonyl (C=O) groups excluding carboxylic acids is 1. The van der Waals surface area contributed by atoms with E-state index in [1.807, 2.05) is 23.3 Å². The van der Waals surface area contributed by atoms with Crippen LogP contribution in [0.2, 0.25) is 0 Å². The molecule has 0 saturated carbocycles. The summed E-state index contributed by atoms with van der Waals surface area (Å²) in [6, 6.07) is 0. The summed E-state index contributed by atoms with van der Waals surface area (Å²) >= 11 is 12.6. The van der Waals surface area contributed by atoms with E-state index in [0.717, 1.165) is 11.8 Å². The molecule has 1 aliphatic heterocycles. The van der Waals surface area contributed by atoms with E-state index < -0.39 is 0 Å². The van der Waals surface area contributed by atoms with Crippen molar-refractivity contribution in [2.75, 3.05) is 6.54 Å². The summed E-state index contributed by atoms with van der Waals surface area (Å²) in [5.74, 6) is 0. The zero-order valence-corrected chi connectivity index (χ0v) is 15.9. The summed E-state index contributed by atoms with van der Waals surface area (Å²) in [5, 5.41) is 10.1. The average molecular weight is 385 g/mol. The van der Waals surface area contributed by atoms with E-state index in [4.69, 9.17) is 24.4 Å². The van der Waals surface area contributed by atoms with Crippen molar-refractivity contribution in [2.24, 2.45) is 0 Å². The standard InChI is InChI=1S/C15H16N2O2S4/c1-3-16-10(12(18)22-14(16)20)8-6-5-7-9-11-13(19)23-15(21)17(11)4-2/h5-9,18H,3-4H2,1-2H3. The Balaban J connectivity index is 2.13. The summed E-state index contributed by atoms with van der Waals surface area (Å²) in [6.07, 6.45) is 8.95. The summed E-state index contributed by atoms with van der Waals surface area (Å²) < 4.78 is 3.11. The molecule has 122 valence electrons. The first kappa shape index (κ1) is 18.1. The van der Waals surface area contributed by atoms with Gasteiger partial charge in [-0.15, -0.1) is 0 Å². The Morgan fingerprint density at radius 2 is 1.91 bits per heavy atom. The van der Waals surface area contributed by atoms with E-state index in [1.165, 1.54) is 11.3 Å². The van der Waals surface area contributed by atoms with Gasteiger partial charge in [0.1, 0.15) is 4.32 Å². The molecule has 2 rings (SSSR count). The van der Waals surface area contributed by atoms with Gasteiger partial charge in [0.05, 0.1) is 11.4 Å². The summed E-state index contributed by atoms with van der Waals surface area (Å²) in [6.45, 7) is 5.31. The van der Waals surface area contributed by atoms with Gasteiger partial charge in [-0.2, -0.15) is 0 Å². The lowest BCUT2D eigenvalue weighted by Crippen LogP contribution is -2.21.